The minimum Gasteiger partial charge on any atom is -0.497 e. The van der Waals surface area contributed by atoms with E-state index in [1.54, 1.807) is 19.2 Å². The molecule has 2 nitrogen and oxygen atoms in total. The molecule has 0 aromatic heterocycles. The maximum atomic E-state index is 13.0. The van der Waals surface area contributed by atoms with Gasteiger partial charge < -0.3 is 9.64 Å². The average Bonchev–Trinajstić information content (AvgIpc) is 2.98. The van der Waals surface area contributed by atoms with Crippen molar-refractivity contribution in [2.45, 2.75) is 25.3 Å². The molecular weight excluding hydrogens is 265 g/mol. The molecular formula is C18H20FNO. The third kappa shape index (κ3) is 3.18. The van der Waals surface area contributed by atoms with Crippen molar-refractivity contribution in [2.24, 2.45) is 0 Å². The van der Waals surface area contributed by atoms with E-state index in [9.17, 15) is 4.39 Å². The summed E-state index contributed by atoms with van der Waals surface area (Å²) in [5.41, 5.74) is 2.43. The first-order chi connectivity index (χ1) is 10.3. The molecule has 2 aromatic rings. The topological polar surface area (TPSA) is 12.5 Å². The molecule has 1 heterocycles. The Morgan fingerprint density at radius 2 is 1.81 bits per heavy atom. The molecule has 21 heavy (non-hydrogen) atoms. The molecule has 1 aliphatic rings. The van der Waals surface area contributed by atoms with Crippen molar-refractivity contribution >= 4 is 5.69 Å². The Hall–Kier alpha value is -2.03. The van der Waals surface area contributed by atoms with Gasteiger partial charge in [-0.05, 0) is 61.2 Å². The zero-order chi connectivity index (χ0) is 14.7. The Balaban J connectivity index is 1.73. The van der Waals surface area contributed by atoms with Gasteiger partial charge in [-0.25, -0.2) is 4.39 Å². The highest BCUT2D eigenvalue weighted by atomic mass is 19.1. The zero-order valence-corrected chi connectivity index (χ0v) is 12.3. The fraction of sp³-hybridized carbons (Fsp3) is 0.333. The van der Waals surface area contributed by atoms with Gasteiger partial charge in [0, 0.05) is 18.3 Å². The number of halogens is 1. The number of benzene rings is 2. The van der Waals surface area contributed by atoms with Crippen LogP contribution in [0.2, 0.25) is 0 Å². The molecule has 1 atom stereocenters. The summed E-state index contributed by atoms with van der Waals surface area (Å²) in [5, 5.41) is 0. The summed E-state index contributed by atoms with van der Waals surface area (Å²) >= 11 is 0. The SMILES string of the molecule is COc1ccc(N2CCCC2Cc2ccc(F)cc2)cc1. The largest absolute Gasteiger partial charge is 0.497 e. The number of anilines is 1. The van der Waals surface area contributed by atoms with E-state index < -0.39 is 0 Å². The fourth-order valence-corrected chi connectivity index (χ4v) is 3.05. The second-order valence-electron chi connectivity index (χ2n) is 5.52. The maximum absolute atomic E-state index is 13.0. The Kier molecular flexibility index (Phi) is 4.09. The second-order valence-corrected chi connectivity index (χ2v) is 5.52. The molecule has 0 spiro atoms. The first-order valence-corrected chi connectivity index (χ1v) is 7.41. The van der Waals surface area contributed by atoms with Gasteiger partial charge in [-0.3, -0.25) is 0 Å². The fourth-order valence-electron chi connectivity index (χ4n) is 3.05. The highest BCUT2D eigenvalue weighted by Crippen LogP contribution is 2.29. The van der Waals surface area contributed by atoms with Crippen molar-refractivity contribution in [3.8, 4) is 5.75 Å². The lowest BCUT2D eigenvalue weighted by atomic mass is 10.0. The summed E-state index contributed by atoms with van der Waals surface area (Å²) in [6.45, 7) is 1.08. The number of hydrogen-bond donors (Lipinski definition) is 0. The van der Waals surface area contributed by atoms with Gasteiger partial charge in [0.05, 0.1) is 7.11 Å². The summed E-state index contributed by atoms with van der Waals surface area (Å²) in [5.74, 6) is 0.713. The molecule has 0 aliphatic carbocycles. The van der Waals surface area contributed by atoms with Gasteiger partial charge in [-0.15, -0.1) is 0 Å². The van der Waals surface area contributed by atoms with Crippen LogP contribution in [0.3, 0.4) is 0 Å². The molecule has 0 bridgehead atoms. The van der Waals surface area contributed by atoms with Crippen molar-refractivity contribution in [3.63, 3.8) is 0 Å². The van der Waals surface area contributed by atoms with Crippen LogP contribution in [0.5, 0.6) is 5.75 Å². The Morgan fingerprint density at radius 1 is 1.10 bits per heavy atom. The summed E-state index contributed by atoms with van der Waals surface area (Å²) in [7, 11) is 1.68. The number of hydrogen-bond acceptors (Lipinski definition) is 2. The minimum atomic E-state index is -0.169. The standard InChI is InChI=1S/C18H20FNO/c1-21-18-10-8-16(9-11-18)20-12-2-3-17(20)13-14-4-6-15(19)7-5-14/h4-11,17H,2-3,12-13H2,1H3. The lowest BCUT2D eigenvalue weighted by Crippen LogP contribution is -2.30. The molecule has 0 saturated carbocycles. The van der Waals surface area contributed by atoms with E-state index >= 15 is 0 Å². The first kappa shape index (κ1) is 13.9. The molecule has 0 amide bonds. The van der Waals surface area contributed by atoms with E-state index in [0.29, 0.717) is 6.04 Å². The first-order valence-electron chi connectivity index (χ1n) is 7.41. The highest BCUT2D eigenvalue weighted by molar-refractivity contribution is 5.51. The summed E-state index contributed by atoms with van der Waals surface area (Å²) < 4.78 is 18.2. The predicted molar refractivity (Wildman–Crippen MR) is 83.5 cm³/mol. The quantitative estimate of drug-likeness (QED) is 0.840. The summed E-state index contributed by atoms with van der Waals surface area (Å²) in [6, 6.07) is 15.6. The van der Waals surface area contributed by atoms with Gasteiger partial charge in [0.1, 0.15) is 11.6 Å². The van der Waals surface area contributed by atoms with Gasteiger partial charge >= 0.3 is 0 Å². The lowest BCUT2D eigenvalue weighted by molar-refractivity contribution is 0.415. The van der Waals surface area contributed by atoms with Crippen LogP contribution in [-0.2, 0) is 6.42 Å². The van der Waals surface area contributed by atoms with Gasteiger partial charge in [0.2, 0.25) is 0 Å². The van der Waals surface area contributed by atoms with E-state index in [2.05, 4.69) is 17.0 Å². The molecule has 1 unspecified atom stereocenters. The van der Waals surface area contributed by atoms with Crippen molar-refractivity contribution in [3.05, 3.63) is 59.9 Å². The Morgan fingerprint density at radius 3 is 2.48 bits per heavy atom. The smallest absolute Gasteiger partial charge is 0.123 e. The molecule has 3 rings (SSSR count). The molecule has 1 aliphatic heterocycles. The molecule has 1 fully saturated rings. The van der Waals surface area contributed by atoms with Crippen LogP contribution in [0, 0.1) is 5.82 Å². The van der Waals surface area contributed by atoms with Crippen LogP contribution in [-0.4, -0.2) is 19.7 Å². The lowest BCUT2D eigenvalue weighted by Gasteiger charge is -2.27. The number of nitrogens with zero attached hydrogens (tertiary/aromatic N) is 1. The molecule has 3 heteroatoms. The monoisotopic (exact) mass is 285 g/mol. The van der Waals surface area contributed by atoms with Gasteiger partial charge in [-0.1, -0.05) is 12.1 Å². The third-order valence-electron chi connectivity index (χ3n) is 4.17. The number of rotatable bonds is 4. The van der Waals surface area contributed by atoms with Crippen LogP contribution in [0.1, 0.15) is 18.4 Å². The van der Waals surface area contributed by atoms with E-state index in [-0.39, 0.29) is 5.82 Å². The van der Waals surface area contributed by atoms with E-state index in [4.69, 9.17) is 4.74 Å². The third-order valence-corrected chi connectivity index (χ3v) is 4.17. The summed E-state index contributed by atoms with van der Waals surface area (Å²) in [4.78, 5) is 2.45. The molecule has 1 saturated heterocycles. The second kappa shape index (κ2) is 6.17. The van der Waals surface area contributed by atoms with Crippen LogP contribution in [0.4, 0.5) is 10.1 Å². The summed E-state index contributed by atoms with van der Waals surface area (Å²) in [6.07, 6.45) is 3.35. The average molecular weight is 285 g/mol. The minimum absolute atomic E-state index is 0.169. The van der Waals surface area contributed by atoms with Crippen LogP contribution in [0.15, 0.2) is 48.5 Å². The Labute approximate surface area is 125 Å². The predicted octanol–water partition coefficient (Wildman–Crippen LogP) is 4.05. The number of methoxy groups -OCH3 is 1. The van der Waals surface area contributed by atoms with Crippen molar-refractivity contribution in [1.29, 1.82) is 0 Å². The van der Waals surface area contributed by atoms with E-state index in [1.807, 2.05) is 24.3 Å². The highest BCUT2D eigenvalue weighted by Gasteiger charge is 2.24. The number of ether oxygens (including phenoxy) is 1. The van der Waals surface area contributed by atoms with Gasteiger partial charge in [0.25, 0.3) is 0 Å². The molecule has 2 aromatic carbocycles. The van der Waals surface area contributed by atoms with E-state index in [1.165, 1.54) is 24.1 Å². The zero-order valence-electron chi connectivity index (χ0n) is 12.3. The van der Waals surface area contributed by atoms with E-state index in [0.717, 1.165) is 18.7 Å². The van der Waals surface area contributed by atoms with Gasteiger partial charge in [0.15, 0.2) is 0 Å². The van der Waals surface area contributed by atoms with Crippen LogP contribution >= 0.6 is 0 Å². The maximum Gasteiger partial charge on any atom is 0.123 e. The van der Waals surface area contributed by atoms with Crippen molar-refractivity contribution < 1.29 is 9.13 Å². The molecule has 0 N–H and O–H groups in total. The normalized spacial score (nSPS) is 18.0. The molecule has 110 valence electrons. The van der Waals surface area contributed by atoms with Crippen LogP contribution < -0.4 is 9.64 Å². The Bertz CT molecular complexity index is 579. The van der Waals surface area contributed by atoms with Crippen molar-refractivity contribution in [2.75, 3.05) is 18.6 Å². The van der Waals surface area contributed by atoms with Crippen molar-refractivity contribution in [1.82, 2.24) is 0 Å². The van der Waals surface area contributed by atoms with Crippen LogP contribution in [0.25, 0.3) is 0 Å². The van der Waals surface area contributed by atoms with Gasteiger partial charge in [-0.2, -0.15) is 0 Å². The molecule has 0 radical (unpaired) electrons.